The number of allylic oxidation sites excluding steroid dienone is 3. The van der Waals surface area contributed by atoms with E-state index in [1.54, 1.807) is 6.08 Å². The molecule has 2 unspecified atom stereocenters. The smallest absolute Gasteiger partial charge is 0.220 e. The molecule has 0 fully saturated rings. The monoisotopic (exact) mass is 1100 g/mol. The van der Waals surface area contributed by atoms with Crippen LogP contribution in [0.25, 0.3) is 0 Å². The molecule has 0 spiro atoms. The average molecular weight is 1100 g/mol. The molecule has 0 rings (SSSR count). The summed E-state index contributed by atoms with van der Waals surface area (Å²) in [7, 11) is 0. The molecule has 0 aromatic heterocycles. The molecular formula is C74H145NO3. The molecule has 4 heteroatoms. The first-order chi connectivity index (χ1) is 38.7. The highest BCUT2D eigenvalue weighted by Gasteiger charge is 2.18. The van der Waals surface area contributed by atoms with E-state index in [0.29, 0.717) is 6.42 Å². The first-order valence-corrected chi connectivity index (χ1v) is 36.6. The van der Waals surface area contributed by atoms with Crippen LogP contribution in [0.5, 0.6) is 0 Å². The Labute approximate surface area is 491 Å². The topological polar surface area (TPSA) is 69.6 Å². The van der Waals surface area contributed by atoms with Gasteiger partial charge in [-0.15, -0.1) is 0 Å². The van der Waals surface area contributed by atoms with E-state index in [2.05, 4.69) is 31.3 Å². The second-order valence-electron chi connectivity index (χ2n) is 25.4. The van der Waals surface area contributed by atoms with Crippen LogP contribution < -0.4 is 5.32 Å². The van der Waals surface area contributed by atoms with Crippen molar-refractivity contribution in [2.75, 3.05) is 6.61 Å². The van der Waals surface area contributed by atoms with Gasteiger partial charge in [0.2, 0.25) is 5.91 Å². The Hall–Kier alpha value is -1.13. The molecule has 0 aliphatic carbocycles. The molecule has 1 amide bonds. The summed E-state index contributed by atoms with van der Waals surface area (Å²) in [5.74, 6) is -0.0639. The highest BCUT2D eigenvalue weighted by atomic mass is 16.3. The van der Waals surface area contributed by atoms with Gasteiger partial charge in [-0.3, -0.25) is 4.79 Å². The van der Waals surface area contributed by atoms with Gasteiger partial charge in [0.1, 0.15) is 0 Å². The Morgan fingerprint density at radius 3 is 0.744 bits per heavy atom. The number of unbranched alkanes of at least 4 members (excludes halogenated alkanes) is 60. The Bertz CT molecular complexity index is 1150. The summed E-state index contributed by atoms with van der Waals surface area (Å²) in [6.45, 7) is 4.35. The highest BCUT2D eigenvalue weighted by molar-refractivity contribution is 5.76. The predicted molar refractivity (Wildman–Crippen MR) is 350 cm³/mol. The number of amides is 1. The van der Waals surface area contributed by atoms with Gasteiger partial charge in [0.05, 0.1) is 18.8 Å². The van der Waals surface area contributed by atoms with Crippen LogP contribution in [-0.2, 0) is 4.79 Å². The van der Waals surface area contributed by atoms with Crippen molar-refractivity contribution in [3.8, 4) is 0 Å². The summed E-state index contributed by atoms with van der Waals surface area (Å²) in [6.07, 6.45) is 95.9. The minimum absolute atomic E-state index is 0.0639. The average Bonchev–Trinajstić information content (AvgIpc) is 3.44. The molecule has 0 aliphatic rings. The maximum absolute atomic E-state index is 12.5. The largest absolute Gasteiger partial charge is 0.394 e. The van der Waals surface area contributed by atoms with Crippen molar-refractivity contribution >= 4 is 5.91 Å². The van der Waals surface area contributed by atoms with Crippen LogP contribution >= 0.6 is 0 Å². The maximum Gasteiger partial charge on any atom is 0.220 e. The second-order valence-corrected chi connectivity index (χ2v) is 25.4. The third-order valence-corrected chi connectivity index (χ3v) is 17.4. The number of carbonyl (C=O) groups is 1. The van der Waals surface area contributed by atoms with Crippen molar-refractivity contribution in [2.24, 2.45) is 0 Å². The highest BCUT2D eigenvalue weighted by Crippen LogP contribution is 2.20. The van der Waals surface area contributed by atoms with Crippen molar-refractivity contribution in [1.29, 1.82) is 0 Å². The van der Waals surface area contributed by atoms with E-state index in [4.69, 9.17) is 0 Å². The molecule has 3 N–H and O–H groups in total. The zero-order chi connectivity index (χ0) is 56.2. The van der Waals surface area contributed by atoms with Crippen LogP contribution in [0.3, 0.4) is 0 Å². The maximum atomic E-state index is 12.5. The van der Waals surface area contributed by atoms with Gasteiger partial charge in [-0.05, 0) is 32.1 Å². The van der Waals surface area contributed by atoms with Gasteiger partial charge in [-0.1, -0.05) is 411 Å². The lowest BCUT2D eigenvalue weighted by Crippen LogP contribution is -2.45. The van der Waals surface area contributed by atoms with Crippen LogP contribution in [0.4, 0.5) is 0 Å². The van der Waals surface area contributed by atoms with Gasteiger partial charge in [0.25, 0.3) is 0 Å². The molecule has 0 heterocycles. The number of hydrogen-bond donors (Lipinski definition) is 3. The van der Waals surface area contributed by atoms with E-state index in [9.17, 15) is 15.0 Å². The first kappa shape index (κ1) is 76.9. The number of aliphatic hydroxyl groups is 2. The number of nitrogens with one attached hydrogen (secondary N) is 1. The predicted octanol–water partition coefficient (Wildman–Crippen LogP) is 24.9. The van der Waals surface area contributed by atoms with Gasteiger partial charge in [0, 0.05) is 6.42 Å². The van der Waals surface area contributed by atoms with Crippen molar-refractivity contribution in [1.82, 2.24) is 5.32 Å². The molecular weight excluding hydrogens is 951 g/mol. The molecule has 0 aromatic carbocycles. The fourth-order valence-electron chi connectivity index (χ4n) is 11.9. The molecule has 464 valence electrons. The fourth-order valence-corrected chi connectivity index (χ4v) is 11.9. The van der Waals surface area contributed by atoms with Crippen molar-refractivity contribution < 1.29 is 15.0 Å². The van der Waals surface area contributed by atoms with Crippen molar-refractivity contribution in [2.45, 2.75) is 437 Å². The van der Waals surface area contributed by atoms with Gasteiger partial charge in [-0.2, -0.15) is 0 Å². The number of carbonyl (C=O) groups excluding carboxylic acids is 1. The van der Waals surface area contributed by atoms with E-state index in [0.717, 1.165) is 32.1 Å². The first-order valence-electron chi connectivity index (χ1n) is 36.6. The quantitative estimate of drug-likeness (QED) is 0.0420. The van der Waals surface area contributed by atoms with Crippen LogP contribution in [0, 0.1) is 0 Å². The summed E-state index contributed by atoms with van der Waals surface area (Å²) in [6, 6.07) is -0.638. The number of rotatable bonds is 69. The fraction of sp³-hybridized carbons (Fsp3) is 0.932. The van der Waals surface area contributed by atoms with Crippen LogP contribution in [0.1, 0.15) is 425 Å². The van der Waals surface area contributed by atoms with Crippen molar-refractivity contribution in [3.63, 3.8) is 0 Å². The van der Waals surface area contributed by atoms with Gasteiger partial charge >= 0.3 is 0 Å². The molecule has 0 aromatic rings. The van der Waals surface area contributed by atoms with Crippen LogP contribution in [-0.4, -0.2) is 34.9 Å². The Morgan fingerprint density at radius 2 is 0.500 bits per heavy atom. The number of hydrogen-bond acceptors (Lipinski definition) is 3. The molecule has 78 heavy (non-hydrogen) atoms. The zero-order valence-corrected chi connectivity index (χ0v) is 53.7. The molecule has 0 bridgehead atoms. The lowest BCUT2D eigenvalue weighted by Gasteiger charge is -2.19. The molecule has 4 nitrogen and oxygen atoms in total. The third-order valence-electron chi connectivity index (χ3n) is 17.4. The normalized spacial score (nSPS) is 12.7. The summed E-state index contributed by atoms with van der Waals surface area (Å²) >= 11 is 0. The summed E-state index contributed by atoms with van der Waals surface area (Å²) in [4.78, 5) is 12.5. The lowest BCUT2D eigenvalue weighted by molar-refractivity contribution is -0.123. The number of aliphatic hydroxyl groups excluding tert-OH is 2. The SMILES string of the molecule is CCCCCCCCCCCCCCCCCCCCC/C=C/CC/C=C/C(O)C(CO)NC(=O)CCCCCCCCCCCCCCCCCCCCCCCCCCCCCCCCCCCCCCCCCCC. The van der Waals surface area contributed by atoms with Gasteiger partial charge in [-0.25, -0.2) is 0 Å². The van der Waals surface area contributed by atoms with Gasteiger partial charge in [0.15, 0.2) is 0 Å². The summed E-state index contributed by atoms with van der Waals surface area (Å²) in [5.41, 5.74) is 0. The molecule has 0 aliphatic heterocycles. The van der Waals surface area contributed by atoms with E-state index < -0.39 is 12.1 Å². The third kappa shape index (κ3) is 65.7. The van der Waals surface area contributed by atoms with Gasteiger partial charge < -0.3 is 15.5 Å². The summed E-state index contributed by atoms with van der Waals surface area (Å²) in [5, 5.41) is 23.3. The van der Waals surface area contributed by atoms with Crippen molar-refractivity contribution in [3.05, 3.63) is 24.3 Å². The minimum Gasteiger partial charge on any atom is -0.394 e. The van der Waals surface area contributed by atoms with E-state index in [1.165, 1.54) is 372 Å². The van der Waals surface area contributed by atoms with E-state index in [1.807, 2.05) is 6.08 Å². The Balaban J connectivity index is 3.38. The molecule has 2 atom stereocenters. The molecule has 0 saturated carbocycles. The molecule has 0 radical (unpaired) electrons. The van der Waals surface area contributed by atoms with E-state index >= 15 is 0 Å². The lowest BCUT2D eigenvalue weighted by atomic mass is 10.0. The minimum atomic E-state index is -0.861. The van der Waals surface area contributed by atoms with Crippen LogP contribution in [0.15, 0.2) is 24.3 Å². The Morgan fingerprint density at radius 1 is 0.295 bits per heavy atom. The van der Waals surface area contributed by atoms with E-state index in [-0.39, 0.29) is 12.5 Å². The summed E-state index contributed by atoms with van der Waals surface area (Å²) < 4.78 is 0. The zero-order valence-electron chi connectivity index (χ0n) is 53.7. The standard InChI is InChI=1S/C74H145NO3/c1-3-5-7-9-11-13-15-17-19-21-23-25-27-29-30-31-32-33-34-35-36-37-38-39-40-41-42-43-44-46-48-50-52-54-56-58-60-62-64-66-68-70-74(78)75-72(71-76)73(77)69-67-65-63-61-59-57-55-53-51-49-47-45-28-26-24-22-20-18-16-14-12-10-8-6-4-2/h59,61,67,69,72-73,76-77H,3-58,60,62-66,68,70-71H2,1-2H3,(H,75,78)/b61-59+,69-67+. The Kier molecular flexibility index (Phi) is 69.1. The van der Waals surface area contributed by atoms with Crippen LogP contribution in [0.2, 0.25) is 0 Å². The second kappa shape index (κ2) is 70.1. The molecule has 0 saturated heterocycles.